The van der Waals surface area contributed by atoms with Crippen LogP contribution in [0.25, 0.3) is 0 Å². The van der Waals surface area contributed by atoms with E-state index in [4.69, 9.17) is 5.73 Å². The number of urea groups is 1. The minimum Gasteiger partial charge on any atom is -0.351 e. The standard InChI is InChI=1S/C12H17IN2O/c1-10-6-2-3-7-11(10)15(12(14)16)9-5-4-8-13/h2-3,6-7H,4-5,8-9H2,1H3,(H2,14,16). The monoisotopic (exact) mass is 332 g/mol. The Bertz CT molecular complexity index is 355. The van der Waals surface area contributed by atoms with Crippen molar-refractivity contribution < 1.29 is 4.79 Å². The van der Waals surface area contributed by atoms with E-state index in [0.717, 1.165) is 28.5 Å². The molecule has 0 aromatic heterocycles. The molecule has 0 unspecified atom stereocenters. The molecule has 88 valence electrons. The lowest BCUT2D eigenvalue weighted by molar-refractivity contribution is 0.254. The van der Waals surface area contributed by atoms with E-state index in [1.807, 2.05) is 31.2 Å². The first-order valence-corrected chi connectivity index (χ1v) is 6.88. The highest BCUT2D eigenvalue weighted by molar-refractivity contribution is 14.1. The second kappa shape index (κ2) is 6.73. The molecule has 0 spiro atoms. The third-order valence-corrected chi connectivity index (χ3v) is 3.20. The number of rotatable bonds is 5. The van der Waals surface area contributed by atoms with Crippen LogP contribution in [0.4, 0.5) is 10.5 Å². The smallest absolute Gasteiger partial charge is 0.319 e. The molecule has 16 heavy (non-hydrogen) atoms. The first-order valence-electron chi connectivity index (χ1n) is 5.35. The maximum absolute atomic E-state index is 11.4. The predicted molar refractivity (Wildman–Crippen MR) is 76.2 cm³/mol. The Balaban J connectivity index is 2.78. The largest absolute Gasteiger partial charge is 0.351 e. The molecule has 0 atom stereocenters. The van der Waals surface area contributed by atoms with Crippen LogP contribution in [-0.2, 0) is 0 Å². The number of aryl methyl sites for hydroxylation is 1. The number of primary amides is 1. The second-order valence-electron chi connectivity index (χ2n) is 3.67. The number of alkyl halides is 1. The van der Waals surface area contributed by atoms with Gasteiger partial charge in [-0.1, -0.05) is 40.8 Å². The molecule has 0 aliphatic heterocycles. The van der Waals surface area contributed by atoms with Crippen molar-refractivity contribution in [3.05, 3.63) is 29.8 Å². The van der Waals surface area contributed by atoms with E-state index in [-0.39, 0.29) is 6.03 Å². The number of amides is 2. The van der Waals surface area contributed by atoms with Crippen molar-refractivity contribution in [1.29, 1.82) is 0 Å². The number of hydrogen-bond donors (Lipinski definition) is 1. The average Bonchev–Trinajstić information content (AvgIpc) is 2.25. The van der Waals surface area contributed by atoms with E-state index in [1.54, 1.807) is 4.90 Å². The Kier molecular flexibility index (Phi) is 5.59. The fraction of sp³-hybridized carbons (Fsp3) is 0.417. The average molecular weight is 332 g/mol. The zero-order chi connectivity index (χ0) is 12.0. The molecule has 1 rings (SSSR count). The van der Waals surface area contributed by atoms with Crippen LogP contribution in [0.5, 0.6) is 0 Å². The summed E-state index contributed by atoms with van der Waals surface area (Å²) < 4.78 is 1.11. The van der Waals surface area contributed by atoms with Crippen LogP contribution < -0.4 is 10.6 Å². The van der Waals surface area contributed by atoms with Gasteiger partial charge < -0.3 is 5.73 Å². The van der Waals surface area contributed by atoms with Crippen molar-refractivity contribution in [2.45, 2.75) is 19.8 Å². The molecule has 0 radical (unpaired) electrons. The molecule has 0 saturated carbocycles. The molecule has 1 aromatic carbocycles. The number of carbonyl (C=O) groups excluding carboxylic acids is 1. The van der Waals surface area contributed by atoms with Crippen LogP contribution in [0, 0.1) is 6.92 Å². The lowest BCUT2D eigenvalue weighted by atomic mass is 10.2. The summed E-state index contributed by atoms with van der Waals surface area (Å²) >= 11 is 2.34. The van der Waals surface area contributed by atoms with Crippen molar-refractivity contribution in [2.75, 3.05) is 15.9 Å². The van der Waals surface area contributed by atoms with Gasteiger partial charge in [-0.05, 0) is 35.8 Å². The first kappa shape index (κ1) is 13.3. The molecule has 4 heteroatoms. The van der Waals surface area contributed by atoms with E-state index >= 15 is 0 Å². The lowest BCUT2D eigenvalue weighted by Crippen LogP contribution is -2.37. The number of halogens is 1. The van der Waals surface area contributed by atoms with Crippen molar-refractivity contribution in [2.24, 2.45) is 5.73 Å². The first-order chi connectivity index (χ1) is 7.66. The summed E-state index contributed by atoms with van der Waals surface area (Å²) in [5, 5.41) is 0. The SMILES string of the molecule is Cc1ccccc1N(CCCCI)C(N)=O. The Morgan fingerprint density at radius 1 is 1.38 bits per heavy atom. The summed E-state index contributed by atoms with van der Waals surface area (Å²) in [5.74, 6) is 0. The zero-order valence-corrected chi connectivity index (χ0v) is 11.6. The van der Waals surface area contributed by atoms with Gasteiger partial charge in [0.2, 0.25) is 0 Å². The van der Waals surface area contributed by atoms with Gasteiger partial charge in [0.25, 0.3) is 0 Å². The van der Waals surface area contributed by atoms with Gasteiger partial charge in [0.1, 0.15) is 0 Å². The number of anilines is 1. The van der Waals surface area contributed by atoms with E-state index in [0.29, 0.717) is 6.54 Å². The molecule has 0 heterocycles. The molecule has 2 amide bonds. The van der Waals surface area contributed by atoms with Crippen LogP contribution in [0.3, 0.4) is 0 Å². The van der Waals surface area contributed by atoms with Gasteiger partial charge in [-0.15, -0.1) is 0 Å². The molecule has 3 nitrogen and oxygen atoms in total. The van der Waals surface area contributed by atoms with Crippen LogP contribution in [-0.4, -0.2) is 17.0 Å². The highest BCUT2D eigenvalue weighted by atomic mass is 127. The summed E-state index contributed by atoms with van der Waals surface area (Å²) in [7, 11) is 0. The molecular weight excluding hydrogens is 315 g/mol. The minimum absolute atomic E-state index is 0.372. The zero-order valence-electron chi connectivity index (χ0n) is 9.45. The van der Waals surface area contributed by atoms with E-state index in [1.165, 1.54) is 0 Å². The predicted octanol–water partition coefficient (Wildman–Crippen LogP) is 3.10. The Morgan fingerprint density at radius 3 is 2.62 bits per heavy atom. The van der Waals surface area contributed by atoms with E-state index in [9.17, 15) is 4.79 Å². The Hall–Kier alpha value is -0.780. The normalized spacial score (nSPS) is 10.1. The molecule has 0 aliphatic rings. The topological polar surface area (TPSA) is 46.3 Å². The fourth-order valence-corrected chi connectivity index (χ4v) is 2.12. The summed E-state index contributed by atoms with van der Waals surface area (Å²) in [6.45, 7) is 2.69. The van der Waals surface area contributed by atoms with Gasteiger partial charge in [0.15, 0.2) is 0 Å². The van der Waals surface area contributed by atoms with Crippen molar-refractivity contribution in [3.63, 3.8) is 0 Å². The maximum atomic E-state index is 11.4. The Labute approximate surface area is 110 Å². The number of hydrogen-bond acceptors (Lipinski definition) is 1. The molecular formula is C12H17IN2O. The highest BCUT2D eigenvalue weighted by Crippen LogP contribution is 2.19. The summed E-state index contributed by atoms with van der Waals surface area (Å²) in [5.41, 5.74) is 7.40. The van der Waals surface area contributed by atoms with Gasteiger partial charge in [-0.3, -0.25) is 4.90 Å². The number of nitrogens with two attached hydrogens (primary N) is 1. The van der Waals surface area contributed by atoms with Gasteiger partial charge >= 0.3 is 6.03 Å². The fourth-order valence-electron chi connectivity index (χ4n) is 1.58. The molecule has 0 aliphatic carbocycles. The molecule has 2 N–H and O–H groups in total. The summed E-state index contributed by atoms with van der Waals surface area (Å²) in [6, 6.07) is 7.44. The van der Waals surface area contributed by atoms with Gasteiger partial charge in [0.05, 0.1) is 0 Å². The van der Waals surface area contributed by atoms with Crippen LogP contribution in [0.15, 0.2) is 24.3 Å². The quantitative estimate of drug-likeness (QED) is 0.503. The molecule has 0 bridgehead atoms. The second-order valence-corrected chi connectivity index (χ2v) is 4.75. The summed E-state index contributed by atoms with van der Waals surface area (Å²) in [4.78, 5) is 13.0. The maximum Gasteiger partial charge on any atom is 0.319 e. The van der Waals surface area contributed by atoms with Gasteiger partial charge in [-0.25, -0.2) is 4.79 Å². The van der Waals surface area contributed by atoms with E-state index < -0.39 is 0 Å². The number of carbonyl (C=O) groups is 1. The molecule has 0 fully saturated rings. The summed E-state index contributed by atoms with van der Waals surface area (Å²) in [6.07, 6.45) is 2.09. The van der Waals surface area contributed by atoms with Gasteiger partial charge in [0, 0.05) is 12.2 Å². The van der Waals surface area contributed by atoms with Crippen molar-refractivity contribution in [3.8, 4) is 0 Å². The van der Waals surface area contributed by atoms with Crippen LogP contribution in [0.1, 0.15) is 18.4 Å². The van der Waals surface area contributed by atoms with Crippen molar-refractivity contribution in [1.82, 2.24) is 0 Å². The minimum atomic E-state index is -0.372. The van der Waals surface area contributed by atoms with Crippen molar-refractivity contribution >= 4 is 34.3 Å². The third-order valence-electron chi connectivity index (χ3n) is 2.44. The number of benzene rings is 1. The van der Waals surface area contributed by atoms with Gasteiger partial charge in [-0.2, -0.15) is 0 Å². The molecule has 0 saturated heterocycles. The molecule has 1 aromatic rings. The number of nitrogens with zero attached hydrogens (tertiary/aromatic N) is 1. The number of para-hydroxylation sites is 1. The third kappa shape index (κ3) is 3.66. The number of unbranched alkanes of at least 4 members (excludes halogenated alkanes) is 1. The van der Waals surface area contributed by atoms with Crippen LogP contribution in [0.2, 0.25) is 0 Å². The van der Waals surface area contributed by atoms with E-state index in [2.05, 4.69) is 22.6 Å². The Morgan fingerprint density at radius 2 is 2.06 bits per heavy atom. The van der Waals surface area contributed by atoms with Crippen LogP contribution >= 0.6 is 22.6 Å². The lowest BCUT2D eigenvalue weighted by Gasteiger charge is -2.22. The highest BCUT2D eigenvalue weighted by Gasteiger charge is 2.13.